The number of likely N-dealkylation sites (N-methyl/N-ethyl adjacent to an activating group) is 1. The maximum absolute atomic E-state index is 13.2. The quantitative estimate of drug-likeness (QED) is 0.626. The Labute approximate surface area is 135 Å². The first-order valence-corrected chi connectivity index (χ1v) is 7.67. The summed E-state index contributed by atoms with van der Waals surface area (Å²) in [7, 11) is 5.82. The molecule has 1 heterocycles. The fourth-order valence-electron chi connectivity index (χ4n) is 2.33. The van der Waals surface area contributed by atoms with Crippen molar-refractivity contribution in [1.29, 1.82) is 0 Å². The van der Waals surface area contributed by atoms with Gasteiger partial charge in [0.2, 0.25) is 5.91 Å². The van der Waals surface area contributed by atoms with E-state index in [-0.39, 0.29) is 11.7 Å². The van der Waals surface area contributed by atoms with Crippen molar-refractivity contribution >= 4 is 16.9 Å². The van der Waals surface area contributed by atoms with Crippen LogP contribution >= 0.6 is 0 Å². The van der Waals surface area contributed by atoms with E-state index in [9.17, 15) is 9.18 Å². The van der Waals surface area contributed by atoms with E-state index in [0.717, 1.165) is 30.7 Å². The molecule has 1 aromatic heterocycles. The van der Waals surface area contributed by atoms with Gasteiger partial charge in [0.05, 0.1) is 11.0 Å². The van der Waals surface area contributed by atoms with E-state index >= 15 is 0 Å². The Bertz CT molecular complexity index is 706. The molecule has 0 atom stereocenters. The number of hydrogen-bond donors (Lipinski definition) is 1. The Morgan fingerprint density at radius 1 is 1.43 bits per heavy atom. The third-order valence-corrected chi connectivity index (χ3v) is 3.55. The second kappa shape index (κ2) is 7.87. The lowest BCUT2D eigenvalue weighted by Gasteiger charge is -2.05. The van der Waals surface area contributed by atoms with Crippen LogP contribution in [0.5, 0.6) is 0 Å². The highest BCUT2D eigenvalue weighted by Crippen LogP contribution is 2.16. The lowest BCUT2D eigenvalue weighted by molar-refractivity contribution is -0.116. The number of benzene rings is 1. The van der Waals surface area contributed by atoms with Gasteiger partial charge in [-0.25, -0.2) is 9.37 Å². The number of rotatable bonds is 7. The highest BCUT2D eigenvalue weighted by Gasteiger charge is 2.08. The predicted molar refractivity (Wildman–Crippen MR) is 89.7 cm³/mol. The van der Waals surface area contributed by atoms with Crippen LogP contribution in [0.15, 0.2) is 30.4 Å². The summed E-state index contributed by atoms with van der Waals surface area (Å²) in [5.74, 6) is 0.529. The molecule has 0 aliphatic heterocycles. The minimum atomic E-state index is -0.279. The number of nitrogens with one attached hydrogen (secondary N) is 1. The van der Waals surface area contributed by atoms with Gasteiger partial charge in [-0.15, -0.1) is 0 Å². The second-order valence-corrected chi connectivity index (χ2v) is 5.78. The van der Waals surface area contributed by atoms with Crippen molar-refractivity contribution in [2.75, 3.05) is 27.2 Å². The predicted octanol–water partition coefficient (Wildman–Crippen LogP) is 1.88. The Hall–Kier alpha value is -2.21. The van der Waals surface area contributed by atoms with Gasteiger partial charge in [-0.2, -0.15) is 0 Å². The molecule has 0 spiro atoms. The first kappa shape index (κ1) is 17.1. The number of carbonyl (C=O) groups is 1. The smallest absolute Gasteiger partial charge is 0.243 e. The summed E-state index contributed by atoms with van der Waals surface area (Å²) in [6, 6.07) is 4.61. The van der Waals surface area contributed by atoms with Crippen molar-refractivity contribution in [3.8, 4) is 0 Å². The summed E-state index contributed by atoms with van der Waals surface area (Å²) in [4.78, 5) is 18.0. The topological polar surface area (TPSA) is 50.2 Å². The number of imidazole rings is 1. The molecule has 0 saturated carbocycles. The van der Waals surface area contributed by atoms with Crippen LogP contribution in [0, 0.1) is 5.82 Å². The molecule has 5 nitrogen and oxygen atoms in total. The average Bonchev–Trinajstić information content (AvgIpc) is 2.79. The number of aromatic nitrogens is 2. The van der Waals surface area contributed by atoms with Crippen LogP contribution in [-0.2, 0) is 18.3 Å². The first-order valence-electron chi connectivity index (χ1n) is 7.67. The fraction of sp³-hybridized carbons (Fsp3) is 0.412. The molecule has 124 valence electrons. The monoisotopic (exact) mass is 318 g/mol. The van der Waals surface area contributed by atoms with E-state index in [1.165, 1.54) is 12.1 Å². The van der Waals surface area contributed by atoms with E-state index < -0.39 is 0 Å². The third kappa shape index (κ3) is 4.89. The Kier molecular flexibility index (Phi) is 5.87. The minimum absolute atomic E-state index is 0.0843. The molecule has 2 aromatic rings. The number of fused-ring (bicyclic) bond motifs is 1. The summed E-state index contributed by atoms with van der Waals surface area (Å²) < 4.78 is 15.2. The summed E-state index contributed by atoms with van der Waals surface area (Å²) in [6.45, 7) is 1.33. The molecule has 0 aliphatic carbocycles. The zero-order valence-corrected chi connectivity index (χ0v) is 13.8. The number of amides is 1. The Morgan fingerprint density at radius 2 is 2.22 bits per heavy atom. The molecular formula is C17H23FN4O. The van der Waals surface area contributed by atoms with Crippen molar-refractivity contribution < 1.29 is 9.18 Å². The molecule has 0 bridgehead atoms. The highest BCUT2D eigenvalue weighted by molar-refractivity contribution is 5.87. The van der Waals surface area contributed by atoms with Crippen molar-refractivity contribution in [2.24, 2.45) is 7.05 Å². The lowest BCUT2D eigenvalue weighted by Crippen LogP contribution is -2.23. The van der Waals surface area contributed by atoms with Gasteiger partial charge in [0.25, 0.3) is 0 Å². The third-order valence-electron chi connectivity index (χ3n) is 3.55. The molecule has 2 rings (SSSR count). The van der Waals surface area contributed by atoms with Gasteiger partial charge in [-0.3, -0.25) is 4.79 Å². The first-order chi connectivity index (χ1) is 11.0. The minimum Gasteiger partial charge on any atom is -0.353 e. The number of nitrogens with zero attached hydrogens (tertiary/aromatic N) is 3. The van der Waals surface area contributed by atoms with Gasteiger partial charge >= 0.3 is 0 Å². The zero-order valence-electron chi connectivity index (χ0n) is 13.8. The van der Waals surface area contributed by atoms with Crippen LogP contribution in [0.2, 0.25) is 0 Å². The maximum atomic E-state index is 13.2. The molecule has 1 N–H and O–H groups in total. The van der Waals surface area contributed by atoms with Gasteiger partial charge in [0.15, 0.2) is 0 Å². The molecule has 6 heteroatoms. The molecule has 1 aromatic carbocycles. The number of halogens is 1. The SMILES string of the molecule is CN(C)C/C=C/C(=O)NCCCc1nc2cc(F)ccc2n1C. The van der Waals surface area contributed by atoms with Crippen LogP contribution in [-0.4, -0.2) is 47.5 Å². The summed E-state index contributed by atoms with van der Waals surface area (Å²) >= 11 is 0. The van der Waals surface area contributed by atoms with Crippen molar-refractivity contribution in [3.05, 3.63) is 42.0 Å². The average molecular weight is 318 g/mol. The van der Waals surface area contributed by atoms with Gasteiger partial charge in [0.1, 0.15) is 11.6 Å². The van der Waals surface area contributed by atoms with Crippen LogP contribution in [0.3, 0.4) is 0 Å². The van der Waals surface area contributed by atoms with Crippen molar-refractivity contribution in [3.63, 3.8) is 0 Å². The summed E-state index contributed by atoms with van der Waals surface area (Å²) in [5, 5.41) is 2.85. The normalized spacial score (nSPS) is 11.7. The van der Waals surface area contributed by atoms with Crippen LogP contribution in [0.4, 0.5) is 4.39 Å². The molecule has 0 fully saturated rings. The molecule has 23 heavy (non-hydrogen) atoms. The molecular weight excluding hydrogens is 295 g/mol. The van der Waals surface area contributed by atoms with Gasteiger partial charge in [-0.1, -0.05) is 6.08 Å². The van der Waals surface area contributed by atoms with Gasteiger partial charge < -0.3 is 14.8 Å². The van der Waals surface area contributed by atoms with E-state index in [4.69, 9.17) is 0 Å². The molecule has 0 aliphatic rings. The molecule has 0 saturated heterocycles. The molecule has 1 amide bonds. The highest BCUT2D eigenvalue weighted by atomic mass is 19.1. The summed E-state index contributed by atoms with van der Waals surface area (Å²) in [5.41, 5.74) is 1.58. The van der Waals surface area contributed by atoms with E-state index in [2.05, 4.69) is 10.3 Å². The van der Waals surface area contributed by atoms with E-state index in [1.807, 2.05) is 36.7 Å². The standard InChI is InChI=1S/C17H23FN4O/c1-21(2)11-5-7-17(23)19-10-4-6-16-20-14-12-13(18)8-9-15(14)22(16)3/h5,7-9,12H,4,6,10-11H2,1-3H3,(H,19,23)/b7-5+. The van der Waals surface area contributed by atoms with E-state index in [1.54, 1.807) is 12.1 Å². The number of hydrogen-bond acceptors (Lipinski definition) is 3. The van der Waals surface area contributed by atoms with Gasteiger partial charge in [-0.05, 0) is 32.6 Å². The number of carbonyl (C=O) groups excluding carboxylic acids is 1. The fourth-order valence-corrected chi connectivity index (χ4v) is 2.33. The molecule has 0 radical (unpaired) electrons. The van der Waals surface area contributed by atoms with Crippen molar-refractivity contribution in [2.45, 2.75) is 12.8 Å². The Balaban J connectivity index is 1.82. The summed E-state index contributed by atoms with van der Waals surface area (Å²) in [6.07, 6.45) is 4.90. The number of aryl methyl sites for hydroxylation is 2. The lowest BCUT2D eigenvalue weighted by atomic mass is 10.3. The largest absolute Gasteiger partial charge is 0.353 e. The van der Waals surface area contributed by atoms with Crippen LogP contribution in [0.25, 0.3) is 11.0 Å². The van der Waals surface area contributed by atoms with Crippen molar-refractivity contribution in [1.82, 2.24) is 19.8 Å². The van der Waals surface area contributed by atoms with Crippen LogP contribution in [0.1, 0.15) is 12.2 Å². The molecule has 0 unspecified atom stereocenters. The Morgan fingerprint density at radius 3 is 2.96 bits per heavy atom. The van der Waals surface area contributed by atoms with Crippen LogP contribution < -0.4 is 5.32 Å². The maximum Gasteiger partial charge on any atom is 0.243 e. The second-order valence-electron chi connectivity index (χ2n) is 5.78. The zero-order chi connectivity index (χ0) is 16.8. The van der Waals surface area contributed by atoms with Gasteiger partial charge in [0, 0.05) is 38.7 Å². The van der Waals surface area contributed by atoms with E-state index in [0.29, 0.717) is 12.1 Å².